The minimum Gasteiger partial charge on any atom is -0.385 e. The molecule has 0 amide bonds. The maximum Gasteiger partial charge on any atom is 0.147 e. The van der Waals surface area contributed by atoms with Gasteiger partial charge in [0.05, 0.1) is 5.02 Å². The average Bonchev–Trinajstić information content (AvgIpc) is 2.62. The summed E-state index contributed by atoms with van der Waals surface area (Å²) in [7, 11) is 0. The third-order valence-corrected chi connectivity index (χ3v) is 5.03. The summed E-state index contributed by atoms with van der Waals surface area (Å²) in [5.74, 6) is 1.23. The summed E-state index contributed by atoms with van der Waals surface area (Å²) in [6.45, 7) is 7.77. The molecule has 0 aliphatic carbocycles. The zero-order chi connectivity index (χ0) is 19.6. The fourth-order valence-corrected chi connectivity index (χ4v) is 3.33. The van der Waals surface area contributed by atoms with Crippen molar-refractivity contribution in [1.29, 1.82) is 5.41 Å². The van der Waals surface area contributed by atoms with E-state index in [1.807, 2.05) is 24.3 Å². The highest BCUT2D eigenvalue weighted by molar-refractivity contribution is 6.33. The van der Waals surface area contributed by atoms with Gasteiger partial charge in [0.2, 0.25) is 0 Å². The number of piperidine rings is 1. The molecule has 142 valence electrons. The Morgan fingerprint density at radius 1 is 1.22 bits per heavy atom. The molecule has 1 aromatic carbocycles. The van der Waals surface area contributed by atoms with Crippen LogP contribution >= 0.6 is 11.6 Å². The van der Waals surface area contributed by atoms with E-state index in [0.717, 1.165) is 17.1 Å². The summed E-state index contributed by atoms with van der Waals surface area (Å²) in [5, 5.41) is 12.2. The number of nitrogens with zero attached hydrogens (tertiary/aromatic N) is 2. The highest BCUT2D eigenvalue weighted by Gasteiger charge is 2.24. The summed E-state index contributed by atoms with van der Waals surface area (Å²) in [6, 6.07) is 11.9. The predicted octanol–water partition coefficient (Wildman–Crippen LogP) is 4.54. The molecule has 1 aliphatic heterocycles. The molecule has 1 aliphatic rings. The number of benzene rings is 1. The van der Waals surface area contributed by atoms with Crippen molar-refractivity contribution in [2.45, 2.75) is 32.6 Å². The van der Waals surface area contributed by atoms with E-state index in [9.17, 15) is 0 Å². The van der Waals surface area contributed by atoms with E-state index in [2.05, 4.69) is 48.1 Å². The van der Waals surface area contributed by atoms with Crippen molar-refractivity contribution < 1.29 is 0 Å². The Hall–Kier alpha value is -2.53. The van der Waals surface area contributed by atoms with Gasteiger partial charge in [-0.05, 0) is 35.2 Å². The van der Waals surface area contributed by atoms with Gasteiger partial charge in [-0.15, -0.1) is 0 Å². The van der Waals surface area contributed by atoms with Gasteiger partial charge >= 0.3 is 0 Å². The maximum absolute atomic E-state index is 8.31. The summed E-state index contributed by atoms with van der Waals surface area (Å²) < 4.78 is 0. The van der Waals surface area contributed by atoms with Gasteiger partial charge in [0.15, 0.2) is 0 Å². The molecule has 0 saturated carbocycles. The van der Waals surface area contributed by atoms with Crippen molar-refractivity contribution in [1.82, 2.24) is 4.98 Å². The van der Waals surface area contributed by atoms with Gasteiger partial charge in [0.25, 0.3) is 0 Å². The van der Waals surface area contributed by atoms with Crippen LogP contribution in [-0.4, -0.2) is 23.8 Å². The van der Waals surface area contributed by atoms with Gasteiger partial charge in [-0.3, -0.25) is 0 Å². The summed E-state index contributed by atoms with van der Waals surface area (Å²) >= 11 is 6.28. The SMILES string of the molecule is CC(C)(C)c1ccc(N/C(N)=C2\CN(c3ncccc3Cl)CCC2=N)cc1. The van der Waals surface area contributed by atoms with Crippen LogP contribution in [0.4, 0.5) is 11.5 Å². The number of nitrogens with one attached hydrogen (secondary N) is 2. The molecule has 0 spiro atoms. The van der Waals surface area contributed by atoms with E-state index < -0.39 is 0 Å². The molecule has 27 heavy (non-hydrogen) atoms. The molecular weight excluding hydrogens is 358 g/mol. The van der Waals surface area contributed by atoms with Crippen LogP contribution < -0.4 is 16.0 Å². The van der Waals surface area contributed by atoms with Gasteiger partial charge in [-0.2, -0.15) is 0 Å². The number of halogens is 1. The number of nitrogens with two attached hydrogens (primary N) is 1. The van der Waals surface area contributed by atoms with E-state index in [4.69, 9.17) is 22.7 Å². The zero-order valence-electron chi connectivity index (χ0n) is 16.0. The molecule has 0 radical (unpaired) electrons. The van der Waals surface area contributed by atoms with Crippen LogP contribution in [0, 0.1) is 5.41 Å². The Labute approximate surface area is 165 Å². The minimum absolute atomic E-state index is 0.108. The summed E-state index contributed by atoms with van der Waals surface area (Å²) in [4.78, 5) is 6.44. The first-order valence-corrected chi connectivity index (χ1v) is 9.43. The highest BCUT2D eigenvalue weighted by Crippen LogP contribution is 2.27. The molecular formula is C21H26ClN5. The molecule has 0 unspecified atom stereocenters. The predicted molar refractivity (Wildman–Crippen MR) is 114 cm³/mol. The fourth-order valence-electron chi connectivity index (χ4n) is 3.09. The molecule has 2 heterocycles. The number of hydrogen-bond donors (Lipinski definition) is 3. The molecule has 1 aromatic heterocycles. The zero-order valence-corrected chi connectivity index (χ0v) is 16.8. The largest absolute Gasteiger partial charge is 0.385 e. The molecule has 1 saturated heterocycles. The maximum atomic E-state index is 8.31. The normalized spacial score (nSPS) is 17.0. The summed E-state index contributed by atoms with van der Waals surface area (Å²) in [5.41, 5.74) is 9.93. The van der Waals surface area contributed by atoms with Crippen LogP contribution in [0.15, 0.2) is 54.0 Å². The van der Waals surface area contributed by atoms with Crippen molar-refractivity contribution in [2.75, 3.05) is 23.3 Å². The van der Waals surface area contributed by atoms with E-state index in [1.54, 1.807) is 6.20 Å². The number of anilines is 2. The van der Waals surface area contributed by atoms with Gasteiger partial charge < -0.3 is 21.4 Å². The first-order chi connectivity index (χ1) is 12.8. The van der Waals surface area contributed by atoms with Crippen molar-refractivity contribution in [2.24, 2.45) is 5.73 Å². The van der Waals surface area contributed by atoms with E-state index in [1.165, 1.54) is 5.56 Å². The number of aromatic nitrogens is 1. The lowest BCUT2D eigenvalue weighted by atomic mass is 9.87. The molecule has 2 aromatic rings. The molecule has 0 atom stereocenters. The Kier molecular flexibility index (Phi) is 5.42. The fraction of sp³-hybridized carbons (Fsp3) is 0.333. The first kappa shape index (κ1) is 19.2. The van der Waals surface area contributed by atoms with Crippen molar-refractivity contribution in [3.8, 4) is 0 Å². The van der Waals surface area contributed by atoms with Crippen molar-refractivity contribution in [3.05, 3.63) is 64.6 Å². The van der Waals surface area contributed by atoms with Gasteiger partial charge in [-0.1, -0.05) is 44.5 Å². The number of rotatable bonds is 3. The molecule has 1 fully saturated rings. The summed E-state index contributed by atoms with van der Waals surface area (Å²) in [6.07, 6.45) is 2.33. The van der Waals surface area contributed by atoms with Crippen LogP contribution in [0.1, 0.15) is 32.8 Å². The second-order valence-corrected chi connectivity index (χ2v) is 8.21. The number of pyridine rings is 1. The Morgan fingerprint density at radius 3 is 2.56 bits per heavy atom. The van der Waals surface area contributed by atoms with Crippen LogP contribution in [0.3, 0.4) is 0 Å². The third-order valence-electron chi connectivity index (χ3n) is 4.74. The van der Waals surface area contributed by atoms with E-state index in [-0.39, 0.29) is 5.41 Å². The van der Waals surface area contributed by atoms with E-state index in [0.29, 0.717) is 36.1 Å². The smallest absolute Gasteiger partial charge is 0.147 e. The van der Waals surface area contributed by atoms with Gasteiger partial charge in [0, 0.05) is 42.7 Å². The van der Waals surface area contributed by atoms with E-state index >= 15 is 0 Å². The minimum atomic E-state index is 0.108. The lowest BCUT2D eigenvalue weighted by Crippen LogP contribution is -2.38. The molecule has 6 heteroatoms. The molecule has 3 rings (SSSR count). The topological polar surface area (TPSA) is 78.0 Å². The Bertz CT molecular complexity index is 865. The monoisotopic (exact) mass is 383 g/mol. The van der Waals surface area contributed by atoms with Crippen LogP contribution in [0.5, 0.6) is 0 Å². The second kappa shape index (κ2) is 7.61. The van der Waals surface area contributed by atoms with Crippen LogP contribution in [0.2, 0.25) is 5.02 Å². The van der Waals surface area contributed by atoms with Crippen LogP contribution in [-0.2, 0) is 5.41 Å². The van der Waals surface area contributed by atoms with Crippen LogP contribution in [0.25, 0.3) is 0 Å². The van der Waals surface area contributed by atoms with Gasteiger partial charge in [-0.25, -0.2) is 4.98 Å². The number of hydrogen-bond acceptors (Lipinski definition) is 5. The molecule has 4 N–H and O–H groups in total. The quantitative estimate of drug-likeness (QED) is 0.726. The van der Waals surface area contributed by atoms with Crippen molar-refractivity contribution in [3.63, 3.8) is 0 Å². The highest BCUT2D eigenvalue weighted by atomic mass is 35.5. The standard InChI is InChI=1S/C21H26ClN5/c1-21(2,3)14-6-8-15(9-7-14)26-19(24)16-13-27(12-10-18(16)23)20-17(22)5-4-11-25-20/h4-9,11,23,26H,10,12-13,24H2,1-3H3/b19-16+,23-18?. The Morgan fingerprint density at radius 2 is 1.93 bits per heavy atom. The first-order valence-electron chi connectivity index (χ1n) is 9.05. The van der Waals surface area contributed by atoms with Crippen molar-refractivity contribution >= 4 is 28.8 Å². The lowest BCUT2D eigenvalue weighted by Gasteiger charge is -2.31. The molecule has 5 nitrogen and oxygen atoms in total. The second-order valence-electron chi connectivity index (χ2n) is 7.80. The van der Waals surface area contributed by atoms with Gasteiger partial charge in [0.1, 0.15) is 11.6 Å². The lowest BCUT2D eigenvalue weighted by molar-refractivity contribution is 0.590. The molecule has 0 bridgehead atoms. The average molecular weight is 384 g/mol. The Balaban J connectivity index is 1.80. The third kappa shape index (κ3) is 4.42.